The Bertz CT molecular complexity index is 808. The molecule has 0 unspecified atom stereocenters. The minimum Gasteiger partial charge on any atom is -0.507 e. The Balaban J connectivity index is 2.21. The highest BCUT2D eigenvalue weighted by molar-refractivity contribution is 5.88. The summed E-state index contributed by atoms with van der Waals surface area (Å²) in [5, 5.41) is 11.9. The first-order valence-electron chi connectivity index (χ1n) is 6.53. The van der Waals surface area contributed by atoms with E-state index in [-0.39, 0.29) is 11.2 Å². The molecule has 20 heavy (non-hydrogen) atoms. The van der Waals surface area contributed by atoms with E-state index in [0.29, 0.717) is 17.4 Å². The Morgan fingerprint density at radius 2 is 1.55 bits per heavy atom. The molecule has 0 saturated heterocycles. The van der Waals surface area contributed by atoms with E-state index < -0.39 is 0 Å². The number of hydrogen-bond donors (Lipinski definition) is 1. The summed E-state index contributed by atoms with van der Waals surface area (Å²) < 4.78 is 0. The zero-order valence-electron chi connectivity index (χ0n) is 10.9. The molecule has 0 bridgehead atoms. The summed E-state index contributed by atoms with van der Waals surface area (Å²) >= 11 is 0. The van der Waals surface area contributed by atoms with E-state index in [4.69, 9.17) is 0 Å². The van der Waals surface area contributed by atoms with E-state index in [1.54, 1.807) is 6.07 Å². The Hall–Kier alpha value is -2.61. The summed E-state index contributed by atoms with van der Waals surface area (Å²) in [6.07, 6.45) is 0.542. The second-order valence-corrected chi connectivity index (χ2v) is 4.81. The van der Waals surface area contributed by atoms with Gasteiger partial charge in [-0.1, -0.05) is 54.6 Å². The molecule has 3 rings (SSSR count). The van der Waals surface area contributed by atoms with Crippen LogP contribution in [0.5, 0.6) is 5.75 Å². The van der Waals surface area contributed by atoms with Gasteiger partial charge in [-0.25, -0.2) is 0 Å². The third-order valence-electron chi connectivity index (χ3n) is 3.37. The molecular weight excluding hydrogens is 248 g/mol. The lowest BCUT2D eigenvalue weighted by atomic mass is 10.0. The molecule has 0 heterocycles. The first kappa shape index (κ1) is 12.4. The van der Waals surface area contributed by atoms with Crippen LogP contribution < -0.4 is 5.43 Å². The quantitative estimate of drug-likeness (QED) is 0.767. The Labute approximate surface area is 117 Å². The minimum atomic E-state index is -0.0903. The van der Waals surface area contributed by atoms with Crippen molar-refractivity contribution in [3.05, 3.63) is 88.1 Å². The average molecular weight is 262 g/mol. The molecule has 3 aromatic carbocycles. The number of fused-ring (bicyclic) bond motifs is 1. The van der Waals surface area contributed by atoms with E-state index in [0.717, 1.165) is 10.9 Å². The highest BCUT2D eigenvalue weighted by atomic mass is 16.3. The van der Waals surface area contributed by atoms with Crippen LogP contribution in [-0.4, -0.2) is 5.11 Å². The third-order valence-corrected chi connectivity index (χ3v) is 3.37. The van der Waals surface area contributed by atoms with Gasteiger partial charge in [0, 0.05) is 17.4 Å². The number of benzene rings is 2. The lowest BCUT2D eigenvalue weighted by Crippen LogP contribution is -1.95. The van der Waals surface area contributed by atoms with Crippen LogP contribution in [-0.2, 0) is 6.42 Å². The fraction of sp³-hybridized carbons (Fsp3) is 0.0556. The van der Waals surface area contributed by atoms with Crippen molar-refractivity contribution in [2.45, 2.75) is 6.42 Å². The predicted molar refractivity (Wildman–Crippen MR) is 81.1 cm³/mol. The zero-order chi connectivity index (χ0) is 13.9. The van der Waals surface area contributed by atoms with Gasteiger partial charge in [0.15, 0.2) is 5.43 Å². The van der Waals surface area contributed by atoms with Gasteiger partial charge in [0.05, 0.1) is 0 Å². The van der Waals surface area contributed by atoms with E-state index in [1.165, 1.54) is 6.07 Å². The monoisotopic (exact) mass is 262 g/mol. The second kappa shape index (κ2) is 5.17. The predicted octanol–water partition coefficient (Wildman–Crippen LogP) is 3.50. The lowest BCUT2D eigenvalue weighted by Gasteiger charge is -2.03. The van der Waals surface area contributed by atoms with Gasteiger partial charge in [-0.05, 0) is 23.1 Å². The number of hydrogen-bond acceptors (Lipinski definition) is 2. The third kappa shape index (κ3) is 2.41. The van der Waals surface area contributed by atoms with Crippen LogP contribution in [0.2, 0.25) is 0 Å². The summed E-state index contributed by atoms with van der Waals surface area (Å²) in [4.78, 5) is 11.9. The van der Waals surface area contributed by atoms with Crippen molar-refractivity contribution < 1.29 is 5.11 Å². The second-order valence-electron chi connectivity index (χ2n) is 4.81. The van der Waals surface area contributed by atoms with Crippen molar-refractivity contribution in [1.29, 1.82) is 0 Å². The van der Waals surface area contributed by atoms with Crippen LogP contribution in [0, 0.1) is 0 Å². The van der Waals surface area contributed by atoms with Gasteiger partial charge in [0.1, 0.15) is 5.75 Å². The fourth-order valence-corrected chi connectivity index (χ4v) is 2.40. The fourth-order valence-electron chi connectivity index (χ4n) is 2.40. The smallest absolute Gasteiger partial charge is 0.179 e. The molecule has 0 aliphatic heterocycles. The molecule has 0 saturated carbocycles. The van der Waals surface area contributed by atoms with Crippen LogP contribution in [0.3, 0.4) is 0 Å². The van der Waals surface area contributed by atoms with Gasteiger partial charge in [-0.2, -0.15) is 0 Å². The lowest BCUT2D eigenvalue weighted by molar-refractivity contribution is 0.476. The Kier molecular flexibility index (Phi) is 3.21. The maximum absolute atomic E-state index is 11.9. The minimum absolute atomic E-state index is 0.0903. The molecule has 0 atom stereocenters. The molecule has 0 spiro atoms. The van der Waals surface area contributed by atoms with Crippen LogP contribution >= 0.6 is 0 Å². The molecule has 0 fully saturated rings. The van der Waals surface area contributed by atoms with Gasteiger partial charge < -0.3 is 5.11 Å². The molecule has 0 aliphatic rings. The standard InChI is InChI=1S/C18H14O2/c19-16-11-14-8-4-5-9-17(14)18(20)15(12-16)10-13-6-2-1-3-7-13/h1-9,11-12,20H,10H2. The van der Waals surface area contributed by atoms with Gasteiger partial charge in [0.2, 0.25) is 0 Å². The SMILES string of the molecule is O=c1cc(Cc2ccccc2)c(O)c2ccccc2c1. The van der Waals surface area contributed by atoms with Crippen molar-refractivity contribution in [3.8, 4) is 5.75 Å². The Morgan fingerprint density at radius 3 is 2.35 bits per heavy atom. The Morgan fingerprint density at radius 1 is 0.850 bits per heavy atom. The van der Waals surface area contributed by atoms with E-state index in [9.17, 15) is 9.90 Å². The van der Waals surface area contributed by atoms with Crippen molar-refractivity contribution in [2.24, 2.45) is 0 Å². The first-order valence-corrected chi connectivity index (χ1v) is 6.53. The highest BCUT2D eigenvalue weighted by Gasteiger charge is 2.07. The molecule has 0 aliphatic carbocycles. The van der Waals surface area contributed by atoms with Gasteiger partial charge in [-0.3, -0.25) is 4.79 Å². The average Bonchev–Trinajstić information content (AvgIpc) is 2.58. The highest BCUT2D eigenvalue weighted by Crippen LogP contribution is 2.27. The normalized spacial score (nSPS) is 10.6. The molecule has 0 aromatic heterocycles. The van der Waals surface area contributed by atoms with E-state index >= 15 is 0 Å². The molecule has 2 heteroatoms. The van der Waals surface area contributed by atoms with Gasteiger partial charge >= 0.3 is 0 Å². The largest absolute Gasteiger partial charge is 0.507 e. The summed E-state index contributed by atoms with van der Waals surface area (Å²) in [6.45, 7) is 0. The first-order chi connectivity index (χ1) is 9.74. The number of rotatable bonds is 2. The molecule has 98 valence electrons. The summed E-state index contributed by atoms with van der Waals surface area (Å²) in [6, 6.07) is 20.3. The summed E-state index contributed by atoms with van der Waals surface area (Å²) in [5.41, 5.74) is 1.63. The van der Waals surface area contributed by atoms with Gasteiger partial charge in [0.25, 0.3) is 0 Å². The van der Waals surface area contributed by atoms with Crippen LogP contribution in [0.15, 0.2) is 71.5 Å². The molecule has 0 amide bonds. The van der Waals surface area contributed by atoms with Gasteiger partial charge in [-0.15, -0.1) is 0 Å². The van der Waals surface area contributed by atoms with Crippen molar-refractivity contribution >= 4 is 10.8 Å². The molecular formula is C18H14O2. The van der Waals surface area contributed by atoms with E-state index in [2.05, 4.69) is 0 Å². The number of aromatic hydroxyl groups is 1. The van der Waals surface area contributed by atoms with Crippen LogP contribution in [0.1, 0.15) is 11.1 Å². The van der Waals surface area contributed by atoms with Crippen LogP contribution in [0.4, 0.5) is 0 Å². The van der Waals surface area contributed by atoms with Crippen LogP contribution in [0.25, 0.3) is 10.8 Å². The maximum atomic E-state index is 11.9. The van der Waals surface area contributed by atoms with Crippen molar-refractivity contribution in [2.75, 3.05) is 0 Å². The zero-order valence-corrected chi connectivity index (χ0v) is 10.9. The molecule has 0 radical (unpaired) electrons. The molecule has 1 N–H and O–H groups in total. The summed E-state index contributed by atoms with van der Waals surface area (Å²) in [5.74, 6) is 0.187. The molecule has 3 aromatic rings. The van der Waals surface area contributed by atoms with E-state index in [1.807, 2.05) is 54.6 Å². The van der Waals surface area contributed by atoms with Crippen molar-refractivity contribution in [3.63, 3.8) is 0 Å². The molecule has 2 nitrogen and oxygen atoms in total. The topological polar surface area (TPSA) is 37.3 Å². The summed E-state index contributed by atoms with van der Waals surface area (Å²) in [7, 11) is 0. The maximum Gasteiger partial charge on any atom is 0.179 e. The van der Waals surface area contributed by atoms with Crippen molar-refractivity contribution in [1.82, 2.24) is 0 Å².